The lowest BCUT2D eigenvalue weighted by molar-refractivity contribution is -0.119. The molecule has 0 aromatic carbocycles. The largest absolute Gasteiger partial charge is 0.368 e. The van der Waals surface area contributed by atoms with Gasteiger partial charge < -0.3 is 16.4 Å². The van der Waals surface area contributed by atoms with E-state index in [0.29, 0.717) is 18.2 Å². The molecule has 0 aliphatic rings. The molecule has 0 saturated carbocycles. The molecule has 7 heteroatoms. The Balaban J connectivity index is 3.22. The highest BCUT2D eigenvalue weighted by Gasteiger charge is 2.26. The number of nitrogens with one attached hydrogen (secondary N) is 2. The van der Waals surface area contributed by atoms with E-state index in [0.717, 1.165) is 24.8 Å². The number of nitrogen functional groups attached to an aromatic ring is 1. The molecule has 0 spiro atoms. The summed E-state index contributed by atoms with van der Waals surface area (Å²) in [6.45, 7) is 11.6. The first-order chi connectivity index (χ1) is 11.3. The fourth-order valence-corrected chi connectivity index (χ4v) is 2.38. The van der Waals surface area contributed by atoms with Crippen LogP contribution in [0.15, 0.2) is 11.1 Å². The van der Waals surface area contributed by atoms with Crippen LogP contribution in [0.5, 0.6) is 0 Å². The molecule has 1 unspecified atom stereocenters. The number of aromatic nitrogens is 2. The van der Waals surface area contributed by atoms with E-state index < -0.39 is 0 Å². The van der Waals surface area contributed by atoms with Gasteiger partial charge in [0.25, 0.3) is 0 Å². The van der Waals surface area contributed by atoms with E-state index in [4.69, 9.17) is 5.73 Å². The minimum Gasteiger partial charge on any atom is -0.368 e. The molecule has 7 nitrogen and oxygen atoms in total. The molecular formula is C17H28N6O. The van der Waals surface area contributed by atoms with Gasteiger partial charge in [-0.1, -0.05) is 31.9 Å². The number of anilines is 2. The normalized spacial score (nSPS) is 13.5. The number of carbonyl (C=O) groups is 1. The quantitative estimate of drug-likeness (QED) is 0.603. The molecule has 1 heterocycles. The first-order valence-electron chi connectivity index (χ1n) is 8.14. The van der Waals surface area contributed by atoms with Crippen molar-refractivity contribution in [3.63, 3.8) is 0 Å². The number of allylic oxidation sites excluding steroid dienone is 1. The smallest absolute Gasteiger partial charge is 0.224 e. The van der Waals surface area contributed by atoms with Crippen LogP contribution in [0.4, 0.5) is 17.6 Å². The topological polar surface area (TPSA) is 105 Å². The van der Waals surface area contributed by atoms with E-state index in [1.54, 1.807) is 0 Å². The average molecular weight is 332 g/mol. The van der Waals surface area contributed by atoms with Crippen molar-refractivity contribution in [1.29, 1.82) is 0 Å². The fourth-order valence-electron chi connectivity index (χ4n) is 2.38. The lowest BCUT2D eigenvalue weighted by atomic mass is 9.94. The van der Waals surface area contributed by atoms with Gasteiger partial charge in [0.2, 0.25) is 11.9 Å². The summed E-state index contributed by atoms with van der Waals surface area (Å²) >= 11 is 0. The van der Waals surface area contributed by atoms with Gasteiger partial charge >= 0.3 is 0 Å². The van der Waals surface area contributed by atoms with Crippen LogP contribution in [0, 0.1) is 0 Å². The van der Waals surface area contributed by atoms with Crippen LogP contribution in [-0.4, -0.2) is 34.7 Å². The van der Waals surface area contributed by atoms with Gasteiger partial charge in [-0.25, -0.2) is 4.99 Å². The van der Waals surface area contributed by atoms with Crippen molar-refractivity contribution in [2.45, 2.75) is 52.5 Å². The highest BCUT2D eigenvalue weighted by molar-refractivity contribution is 5.75. The molecule has 1 rings (SSSR count). The standard InChI is InChI=1S/C17H28N6O/c1-6-8-10-17(4,11-20-12(3)24)23-15-13(9-7-2)14(19-5)21-16(18)22-15/h7,9H,5-6,8,10-11H2,1-4H3,(H,20,24)(H3,18,21,22,23)/b9-7-. The minimum absolute atomic E-state index is 0.0659. The van der Waals surface area contributed by atoms with Gasteiger partial charge in [-0.15, -0.1) is 0 Å². The molecule has 24 heavy (non-hydrogen) atoms. The second-order valence-electron chi connectivity index (χ2n) is 6.02. The van der Waals surface area contributed by atoms with Gasteiger partial charge in [-0.2, -0.15) is 9.97 Å². The monoisotopic (exact) mass is 332 g/mol. The molecule has 0 aliphatic heterocycles. The van der Waals surface area contributed by atoms with E-state index in [2.05, 4.69) is 46.2 Å². The summed E-state index contributed by atoms with van der Waals surface area (Å²) in [5.74, 6) is 1.08. The maximum atomic E-state index is 11.3. The van der Waals surface area contributed by atoms with Crippen molar-refractivity contribution in [1.82, 2.24) is 15.3 Å². The number of nitrogens with two attached hydrogens (primary N) is 1. The van der Waals surface area contributed by atoms with Gasteiger partial charge in [0.15, 0.2) is 5.82 Å². The number of carbonyl (C=O) groups excluding carboxylic acids is 1. The summed E-state index contributed by atoms with van der Waals surface area (Å²) in [7, 11) is 0. The van der Waals surface area contributed by atoms with Crippen LogP contribution in [0.25, 0.3) is 6.08 Å². The first kappa shape index (κ1) is 19.6. The zero-order valence-corrected chi connectivity index (χ0v) is 15.0. The van der Waals surface area contributed by atoms with Gasteiger partial charge in [-0.3, -0.25) is 4.79 Å². The number of unbranched alkanes of at least 4 members (excludes halogenated alkanes) is 1. The molecule has 1 aromatic rings. The van der Waals surface area contributed by atoms with Crippen molar-refractivity contribution in [3.05, 3.63) is 11.6 Å². The Hall–Kier alpha value is -2.44. The Morgan fingerprint density at radius 1 is 1.46 bits per heavy atom. The zero-order chi connectivity index (χ0) is 18.2. The molecule has 132 valence electrons. The van der Waals surface area contributed by atoms with Gasteiger partial charge in [-0.05, 0) is 27.0 Å². The number of hydrogen-bond donors (Lipinski definition) is 3. The van der Waals surface area contributed by atoms with Gasteiger partial charge in [0, 0.05) is 13.5 Å². The zero-order valence-electron chi connectivity index (χ0n) is 15.0. The molecule has 1 atom stereocenters. The molecule has 0 radical (unpaired) electrons. The number of rotatable bonds is 9. The molecule has 0 fully saturated rings. The van der Waals surface area contributed by atoms with E-state index in [9.17, 15) is 4.79 Å². The first-order valence-corrected chi connectivity index (χ1v) is 8.14. The van der Waals surface area contributed by atoms with E-state index >= 15 is 0 Å². The van der Waals surface area contributed by atoms with Crippen molar-refractivity contribution in [3.8, 4) is 0 Å². The van der Waals surface area contributed by atoms with Gasteiger partial charge in [0.1, 0.15) is 5.82 Å². The number of nitrogens with zero attached hydrogens (tertiary/aromatic N) is 3. The fraction of sp³-hybridized carbons (Fsp3) is 0.529. The number of hydrogen-bond acceptors (Lipinski definition) is 6. The van der Waals surface area contributed by atoms with Crippen LogP contribution < -0.4 is 16.4 Å². The molecule has 1 aromatic heterocycles. The van der Waals surface area contributed by atoms with Crippen LogP contribution in [0.2, 0.25) is 0 Å². The number of amides is 1. The molecule has 0 aliphatic carbocycles. The predicted molar refractivity (Wildman–Crippen MR) is 101 cm³/mol. The third-order valence-corrected chi connectivity index (χ3v) is 3.66. The molecular weight excluding hydrogens is 304 g/mol. The molecule has 4 N–H and O–H groups in total. The van der Waals surface area contributed by atoms with E-state index in [-0.39, 0.29) is 17.4 Å². The molecule has 0 saturated heterocycles. The van der Waals surface area contributed by atoms with Crippen molar-refractivity contribution in [2.24, 2.45) is 4.99 Å². The third-order valence-electron chi connectivity index (χ3n) is 3.66. The van der Waals surface area contributed by atoms with Crippen LogP contribution >= 0.6 is 0 Å². The highest BCUT2D eigenvalue weighted by atomic mass is 16.1. The summed E-state index contributed by atoms with van der Waals surface area (Å²) in [4.78, 5) is 23.7. The van der Waals surface area contributed by atoms with Crippen molar-refractivity contribution >= 4 is 36.3 Å². The summed E-state index contributed by atoms with van der Waals surface area (Å²) in [6.07, 6.45) is 6.70. The van der Waals surface area contributed by atoms with Crippen LogP contribution in [0.1, 0.15) is 52.5 Å². The predicted octanol–water partition coefficient (Wildman–Crippen LogP) is 2.92. The summed E-state index contributed by atoms with van der Waals surface area (Å²) < 4.78 is 0. The van der Waals surface area contributed by atoms with Crippen molar-refractivity contribution in [2.75, 3.05) is 17.6 Å². The summed E-state index contributed by atoms with van der Waals surface area (Å²) in [5.41, 5.74) is 6.16. The van der Waals surface area contributed by atoms with Crippen LogP contribution in [0.3, 0.4) is 0 Å². The van der Waals surface area contributed by atoms with Crippen LogP contribution in [-0.2, 0) is 4.79 Å². The molecule has 0 bridgehead atoms. The Kier molecular flexibility index (Phi) is 7.35. The third kappa shape index (κ3) is 5.64. The Bertz CT molecular complexity index is 613. The Morgan fingerprint density at radius 3 is 2.71 bits per heavy atom. The highest BCUT2D eigenvalue weighted by Crippen LogP contribution is 2.29. The van der Waals surface area contributed by atoms with Crippen molar-refractivity contribution < 1.29 is 4.79 Å². The summed E-state index contributed by atoms with van der Waals surface area (Å²) in [6, 6.07) is 0. The lowest BCUT2D eigenvalue weighted by Crippen LogP contribution is -2.46. The minimum atomic E-state index is -0.364. The molecule has 1 amide bonds. The number of aliphatic imine (C=N–C) groups is 1. The summed E-state index contributed by atoms with van der Waals surface area (Å²) in [5, 5.41) is 6.31. The van der Waals surface area contributed by atoms with E-state index in [1.807, 2.05) is 19.1 Å². The maximum absolute atomic E-state index is 11.3. The average Bonchev–Trinajstić information content (AvgIpc) is 2.53. The SMILES string of the molecule is C=Nc1nc(N)nc(NC(C)(CCCC)CNC(C)=O)c1/C=C\C. The Labute approximate surface area is 143 Å². The van der Waals surface area contributed by atoms with Gasteiger partial charge in [0.05, 0.1) is 11.1 Å². The van der Waals surface area contributed by atoms with E-state index in [1.165, 1.54) is 6.92 Å². The Morgan fingerprint density at radius 2 is 2.17 bits per heavy atom. The second kappa shape index (κ2) is 9.00. The maximum Gasteiger partial charge on any atom is 0.224 e. The lowest BCUT2D eigenvalue weighted by Gasteiger charge is -2.32. The second-order valence-corrected chi connectivity index (χ2v) is 6.02.